The fourth-order valence-electron chi connectivity index (χ4n) is 2.88. The maximum Gasteiger partial charge on any atom is 0.0399 e. The first-order chi connectivity index (χ1) is 8.85. The zero-order valence-electron chi connectivity index (χ0n) is 13.2. The first-order valence-corrected chi connectivity index (χ1v) is 7.40. The van der Waals surface area contributed by atoms with E-state index in [0.717, 1.165) is 13.1 Å². The molecule has 0 aromatic heterocycles. The molecule has 0 aliphatic carbocycles. The number of rotatable bonds is 2. The fraction of sp³-hybridized carbons (Fsp3) is 0.647. The Balaban J connectivity index is 1.98. The molecule has 106 valence electrons. The molecular weight excluding hydrogens is 232 g/mol. The van der Waals surface area contributed by atoms with Gasteiger partial charge in [0, 0.05) is 38.4 Å². The van der Waals surface area contributed by atoms with Gasteiger partial charge in [0.25, 0.3) is 0 Å². The highest BCUT2D eigenvalue weighted by molar-refractivity contribution is 5.55. The summed E-state index contributed by atoms with van der Waals surface area (Å²) in [5.41, 5.74) is 4.59. The molecule has 1 aromatic rings. The van der Waals surface area contributed by atoms with Gasteiger partial charge in [-0.25, -0.2) is 0 Å². The van der Waals surface area contributed by atoms with Crippen LogP contribution in [0.3, 0.4) is 0 Å². The lowest BCUT2D eigenvalue weighted by Gasteiger charge is -2.39. The van der Waals surface area contributed by atoms with Crippen LogP contribution in [0.1, 0.15) is 31.9 Å². The zero-order chi connectivity index (χ0) is 14.0. The molecule has 1 saturated heterocycles. The molecule has 1 aliphatic rings. The summed E-state index contributed by atoms with van der Waals surface area (Å²) in [6.07, 6.45) is 0. The largest absolute Gasteiger partial charge is 0.369 e. The van der Waals surface area contributed by atoms with Crippen LogP contribution in [0.25, 0.3) is 0 Å². The van der Waals surface area contributed by atoms with Crippen molar-refractivity contribution in [1.82, 2.24) is 4.90 Å². The minimum Gasteiger partial charge on any atom is -0.369 e. The summed E-state index contributed by atoms with van der Waals surface area (Å²) < 4.78 is 0. The van der Waals surface area contributed by atoms with E-state index in [4.69, 9.17) is 0 Å². The van der Waals surface area contributed by atoms with E-state index in [-0.39, 0.29) is 0 Å². The molecule has 0 unspecified atom stereocenters. The van der Waals surface area contributed by atoms with Crippen molar-refractivity contribution in [2.24, 2.45) is 5.41 Å². The highest BCUT2D eigenvalue weighted by Crippen LogP contribution is 2.24. The summed E-state index contributed by atoms with van der Waals surface area (Å²) in [6, 6.07) is 6.77. The van der Waals surface area contributed by atoms with Crippen molar-refractivity contribution in [3.05, 3.63) is 29.3 Å². The van der Waals surface area contributed by atoms with Crippen molar-refractivity contribution in [3.8, 4) is 0 Å². The lowest BCUT2D eigenvalue weighted by molar-refractivity contribution is 0.182. The van der Waals surface area contributed by atoms with Crippen molar-refractivity contribution in [2.75, 3.05) is 37.6 Å². The van der Waals surface area contributed by atoms with Gasteiger partial charge in [0.05, 0.1) is 0 Å². The van der Waals surface area contributed by atoms with Crippen LogP contribution in [0.5, 0.6) is 0 Å². The molecule has 1 heterocycles. The Hall–Kier alpha value is -1.02. The van der Waals surface area contributed by atoms with E-state index < -0.39 is 0 Å². The number of piperazine rings is 1. The third-order valence-corrected chi connectivity index (χ3v) is 3.78. The Bertz CT molecular complexity index is 423. The van der Waals surface area contributed by atoms with Crippen molar-refractivity contribution in [3.63, 3.8) is 0 Å². The van der Waals surface area contributed by atoms with Gasteiger partial charge in [0.2, 0.25) is 0 Å². The molecule has 2 heteroatoms. The van der Waals surface area contributed by atoms with Gasteiger partial charge in [-0.05, 0) is 36.5 Å². The van der Waals surface area contributed by atoms with Gasteiger partial charge in [0.1, 0.15) is 0 Å². The van der Waals surface area contributed by atoms with Crippen molar-refractivity contribution >= 4 is 5.69 Å². The van der Waals surface area contributed by atoms with Gasteiger partial charge in [-0.3, -0.25) is 4.90 Å². The van der Waals surface area contributed by atoms with Crippen LogP contribution in [0.2, 0.25) is 0 Å². The van der Waals surface area contributed by atoms with Gasteiger partial charge in [-0.2, -0.15) is 0 Å². The summed E-state index contributed by atoms with van der Waals surface area (Å²) in [5, 5.41) is 0. The van der Waals surface area contributed by atoms with Crippen molar-refractivity contribution in [2.45, 2.75) is 34.6 Å². The third kappa shape index (κ3) is 3.97. The number of anilines is 1. The summed E-state index contributed by atoms with van der Waals surface area (Å²) in [7, 11) is 0. The van der Waals surface area contributed by atoms with Gasteiger partial charge >= 0.3 is 0 Å². The second-order valence-electron chi connectivity index (χ2n) is 7.11. The van der Waals surface area contributed by atoms with Crippen LogP contribution in [-0.2, 0) is 0 Å². The van der Waals surface area contributed by atoms with Crippen molar-refractivity contribution < 1.29 is 0 Å². The van der Waals surface area contributed by atoms with Crippen LogP contribution < -0.4 is 4.90 Å². The zero-order valence-corrected chi connectivity index (χ0v) is 13.2. The molecule has 0 spiro atoms. The summed E-state index contributed by atoms with van der Waals surface area (Å²) >= 11 is 0. The van der Waals surface area contributed by atoms with E-state index in [1.807, 2.05) is 0 Å². The lowest BCUT2D eigenvalue weighted by Crippen LogP contribution is -2.48. The monoisotopic (exact) mass is 260 g/mol. The number of hydrogen-bond acceptors (Lipinski definition) is 2. The average molecular weight is 260 g/mol. The summed E-state index contributed by atoms with van der Waals surface area (Å²) in [4.78, 5) is 5.14. The number of hydrogen-bond donors (Lipinski definition) is 0. The van der Waals surface area contributed by atoms with Gasteiger partial charge < -0.3 is 4.90 Å². The van der Waals surface area contributed by atoms with E-state index in [1.165, 1.54) is 36.4 Å². The minimum atomic E-state index is 0.404. The van der Waals surface area contributed by atoms with Crippen molar-refractivity contribution in [1.29, 1.82) is 0 Å². The second kappa shape index (κ2) is 5.54. The molecule has 19 heavy (non-hydrogen) atoms. The Morgan fingerprint density at radius 1 is 1.00 bits per heavy atom. The van der Waals surface area contributed by atoms with Gasteiger partial charge in [-0.1, -0.05) is 32.9 Å². The standard InChI is InChI=1S/C17H28N2/c1-14-6-7-15(2)16(12-14)19-10-8-18(9-11-19)13-17(3,4)5/h6-7,12H,8-11,13H2,1-5H3. The SMILES string of the molecule is Cc1ccc(C)c(N2CCN(CC(C)(C)C)CC2)c1. The Morgan fingerprint density at radius 3 is 2.21 bits per heavy atom. The lowest BCUT2D eigenvalue weighted by atomic mass is 9.95. The van der Waals surface area contributed by atoms with Gasteiger partial charge in [-0.15, -0.1) is 0 Å². The van der Waals surface area contributed by atoms with Crippen LogP contribution in [0, 0.1) is 19.3 Å². The number of benzene rings is 1. The molecule has 0 amide bonds. The maximum absolute atomic E-state index is 2.60. The quantitative estimate of drug-likeness (QED) is 0.803. The van der Waals surface area contributed by atoms with Gasteiger partial charge in [0.15, 0.2) is 0 Å². The highest BCUT2D eigenvalue weighted by Gasteiger charge is 2.22. The van der Waals surface area contributed by atoms with Crippen LogP contribution >= 0.6 is 0 Å². The Kier molecular flexibility index (Phi) is 4.19. The summed E-state index contributed by atoms with van der Waals surface area (Å²) in [6.45, 7) is 17.2. The second-order valence-corrected chi connectivity index (χ2v) is 7.11. The highest BCUT2D eigenvalue weighted by atomic mass is 15.3. The maximum atomic E-state index is 2.60. The summed E-state index contributed by atoms with van der Waals surface area (Å²) in [5.74, 6) is 0. The number of nitrogens with zero attached hydrogens (tertiary/aromatic N) is 2. The molecule has 1 aliphatic heterocycles. The van der Waals surface area contributed by atoms with E-state index in [9.17, 15) is 0 Å². The Labute approximate surface area is 118 Å². The topological polar surface area (TPSA) is 6.48 Å². The molecule has 0 N–H and O–H groups in total. The molecule has 0 atom stereocenters. The smallest absolute Gasteiger partial charge is 0.0399 e. The van der Waals surface area contributed by atoms with E-state index in [1.54, 1.807) is 0 Å². The predicted octanol–water partition coefficient (Wildman–Crippen LogP) is 3.47. The molecular formula is C17H28N2. The predicted molar refractivity (Wildman–Crippen MR) is 84.0 cm³/mol. The van der Waals surface area contributed by atoms with E-state index in [2.05, 4.69) is 62.6 Å². The Morgan fingerprint density at radius 2 is 1.63 bits per heavy atom. The molecule has 2 nitrogen and oxygen atoms in total. The first-order valence-electron chi connectivity index (χ1n) is 7.40. The molecule has 1 fully saturated rings. The van der Waals surface area contributed by atoms with Crippen LogP contribution in [0.15, 0.2) is 18.2 Å². The molecule has 2 rings (SSSR count). The van der Waals surface area contributed by atoms with E-state index in [0.29, 0.717) is 5.41 Å². The first kappa shape index (κ1) is 14.4. The minimum absolute atomic E-state index is 0.404. The average Bonchev–Trinajstić information content (AvgIpc) is 2.31. The molecule has 0 saturated carbocycles. The van der Waals surface area contributed by atoms with Crippen LogP contribution in [0.4, 0.5) is 5.69 Å². The molecule has 0 radical (unpaired) electrons. The molecule has 0 bridgehead atoms. The van der Waals surface area contributed by atoms with Crippen LogP contribution in [-0.4, -0.2) is 37.6 Å². The molecule has 1 aromatic carbocycles. The van der Waals surface area contributed by atoms with E-state index >= 15 is 0 Å². The fourth-order valence-corrected chi connectivity index (χ4v) is 2.88. The normalized spacial score (nSPS) is 17.8. The third-order valence-electron chi connectivity index (χ3n) is 3.78. The number of aryl methyl sites for hydroxylation is 2.